The molecule has 0 bridgehead atoms. The molecule has 0 aliphatic carbocycles. The topological polar surface area (TPSA) is 101 Å². The Morgan fingerprint density at radius 3 is 2.38 bits per heavy atom. The summed E-state index contributed by atoms with van der Waals surface area (Å²) in [6.07, 6.45) is 1.03. The highest BCUT2D eigenvalue weighted by atomic mass is 35.5. The number of hydrogen-bond donors (Lipinski definition) is 1. The molecule has 29 heavy (non-hydrogen) atoms. The van der Waals surface area contributed by atoms with Crippen LogP contribution in [0.5, 0.6) is 5.75 Å². The third-order valence-corrected chi connectivity index (χ3v) is 6.09. The number of rotatable bonds is 7. The molecule has 0 spiro atoms. The van der Waals surface area contributed by atoms with Crippen LogP contribution < -0.4 is 14.4 Å². The van der Waals surface area contributed by atoms with E-state index in [2.05, 4.69) is 15.5 Å². The standard InChI is InChI=1S/C18H17ClN4O4S2/c1-27-15-9-3-12(4-10-15)17-21-22-18(28-17)20-16(24)11-23(29(2,25)26)14-7-5-13(19)6-8-14/h3-10H,11H2,1-2H3,(H,20,22,24). The maximum atomic E-state index is 12.4. The number of nitrogens with zero attached hydrogens (tertiary/aromatic N) is 3. The molecule has 1 amide bonds. The Hall–Kier alpha value is -2.69. The lowest BCUT2D eigenvalue weighted by Gasteiger charge is -2.21. The van der Waals surface area contributed by atoms with Crippen molar-refractivity contribution in [3.8, 4) is 16.3 Å². The molecule has 8 nitrogen and oxygen atoms in total. The molecular formula is C18H17ClN4O4S2. The first-order chi connectivity index (χ1) is 13.8. The van der Waals surface area contributed by atoms with Gasteiger partial charge in [-0.3, -0.25) is 14.4 Å². The van der Waals surface area contributed by atoms with E-state index in [0.717, 1.165) is 21.9 Å². The first-order valence-corrected chi connectivity index (χ1v) is 11.3. The van der Waals surface area contributed by atoms with Crippen molar-refractivity contribution in [1.29, 1.82) is 0 Å². The molecule has 0 saturated heterocycles. The number of anilines is 2. The molecule has 1 aromatic heterocycles. The van der Waals surface area contributed by atoms with Gasteiger partial charge in [-0.2, -0.15) is 0 Å². The predicted octanol–water partition coefficient (Wildman–Crippen LogP) is 3.27. The molecule has 152 valence electrons. The molecule has 3 aromatic rings. The summed E-state index contributed by atoms with van der Waals surface area (Å²) in [7, 11) is -2.10. The molecule has 3 rings (SSSR count). The van der Waals surface area contributed by atoms with E-state index in [1.807, 2.05) is 12.1 Å². The molecule has 11 heteroatoms. The quantitative estimate of drug-likeness (QED) is 0.590. The van der Waals surface area contributed by atoms with E-state index < -0.39 is 22.5 Å². The van der Waals surface area contributed by atoms with Crippen molar-refractivity contribution in [1.82, 2.24) is 10.2 Å². The highest BCUT2D eigenvalue weighted by Gasteiger charge is 2.21. The minimum Gasteiger partial charge on any atom is -0.497 e. The van der Waals surface area contributed by atoms with Crippen molar-refractivity contribution in [2.75, 3.05) is 29.5 Å². The van der Waals surface area contributed by atoms with E-state index in [9.17, 15) is 13.2 Å². The smallest absolute Gasteiger partial charge is 0.246 e. The minimum atomic E-state index is -3.68. The van der Waals surface area contributed by atoms with Crippen molar-refractivity contribution in [2.45, 2.75) is 0 Å². The van der Waals surface area contributed by atoms with Crippen LogP contribution in [0.4, 0.5) is 10.8 Å². The van der Waals surface area contributed by atoms with Gasteiger partial charge < -0.3 is 4.74 Å². The van der Waals surface area contributed by atoms with Crippen LogP contribution in [0.25, 0.3) is 10.6 Å². The Balaban J connectivity index is 1.72. The van der Waals surface area contributed by atoms with Crippen LogP contribution in [0, 0.1) is 0 Å². The predicted molar refractivity (Wildman–Crippen MR) is 114 cm³/mol. The lowest BCUT2D eigenvalue weighted by molar-refractivity contribution is -0.114. The van der Waals surface area contributed by atoms with E-state index in [0.29, 0.717) is 15.7 Å². The fraction of sp³-hybridized carbons (Fsp3) is 0.167. The number of benzene rings is 2. The minimum absolute atomic E-state index is 0.269. The van der Waals surface area contributed by atoms with Gasteiger partial charge in [0, 0.05) is 10.6 Å². The van der Waals surface area contributed by atoms with Gasteiger partial charge in [0.25, 0.3) is 0 Å². The zero-order valence-electron chi connectivity index (χ0n) is 15.5. The third kappa shape index (κ3) is 5.43. The second-order valence-corrected chi connectivity index (χ2v) is 9.26. The number of hydrogen-bond acceptors (Lipinski definition) is 7. The van der Waals surface area contributed by atoms with E-state index in [1.165, 1.54) is 23.5 Å². The number of sulfonamides is 1. The molecule has 0 aliphatic heterocycles. The van der Waals surface area contributed by atoms with Crippen LogP contribution in [0.3, 0.4) is 0 Å². The van der Waals surface area contributed by atoms with Gasteiger partial charge in [-0.15, -0.1) is 10.2 Å². The summed E-state index contributed by atoms with van der Waals surface area (Å²) in [4.78, 5) is 12.4. The molecule has 1 heterocycles. The maximum Gasteiger partial charge on any atom is 0.246 e. The third-order valence-electron chi connectivity index (χ3n) is 3.81. The second kappa shape index (κ2) is 8.76. The lowest BCUT2D eigenvalue weighted by atomic mass is 10.2. The van der Waals surface area contributed by atoms with Crippen LogP contribution in [-0.4, -0.2) is 44.4 Å². The lowest BCUT2D eigenvalue weighted by Crippen LogP contribution is -2.37. The average Bonchev–Trinajstić information content (AvgIpc) is 3.14. The van der Waals surface area contributed by atoms with E-state index in [-0.39, 0.29) is 5.13 Å². The Labute approximate surface area is 177 Å². The molecule has 0 atom stereocenters. The van der Waals surface area contributed by atoms with Crippen molar-refractivity contribution >= 4 is 49.7 Å². The maximum absolute atomic E-state index is 12.4. The zero-order chi connectivity index (χ0) is 21.0. The number of ether oxygens (including phenoxy) is 1. The number of aromatic nitrogens is 2. The number of nitrogens with one attached hydrogen (secondary N) is 1. The van der Waals surface area contributed by atoms with E-state index >= 15 is 0 Å². The Kier molecular flexibility index (Phi) is 6.36. The van der Waals surface area contributed by atoms with Gasteiger partial charge in [0.05, 0.1) is 19.1 Å². The fourth-order valence-corrected chi connectivity index (χ4v) is 4.17. The summed E-state index contributed by atoms with van der Waals surface area (Å²) < 4.78 is 30.4. The van der Waals surface area contributed by atoms with Crippen molar-refractivity contribution in [3.05, 3.63) is 53.6 Å². The van der Waals surface area contributed by atoms with Crippen LogP contribution >= 0.6 is 22.9 Å². The van der Waals surface area contributed by atoms with Gasteiger partial charge in [-0.1, -0.05) is 22.9 Å². The summed E-state index contributed by atoms with van der Waals surface area (Å²) in [5.74, 6) is 0.178. The summed E-state index contributed by atoms with van der Waals surface area (Å²) in [6.45, 7) is -0.405. The number of amides is 1. The Bertz CT molecular complexity index is 1100. The first-order valence-electron chi connectivity index (χ1n) is 8.27. The van der Waals surface area contributed by atoms with Gasteiger partial charge in [0.1, 0.15) is 17.3 Å². The van der Waals surface area contributed by atoms with Gasteiger partial charge in [0.15, 0.2) is 0 Å². The SMILES string of the molecule is COc1ccc(-c2nnc(NC(=O)CN(c3ccc(Cl)cc3)S(C)(=O)=O)s2)cc1. The van der Waals surface area contributed by atoms with Crippen LogP contribution in [-0.2, 0) is 14.8 Å². The molecular weight excluding hydrogens is 436 g/mol. The monoisotopic (exact) mass is 452 g/mol. The van der Waals surface area contributed by atoms with Gasteiger partial charge in [-0.25, -0.2) is 8.42 Å². The second-order valence-electron chi connectivity index (χ2n) is 5.94. The Morgan fingerprint density at radius 2 is 1.79 bits per heavy atom. The molecule has 0 aliphatic rings. The fourth-order valence-electron chi connectivity index (χ4n) is 2.42. The summed E-state index contributed by atoms with van der Waals surface area (Å²) in [5, 5.41) is 11.9. The molecule has 0 unspecified atom stereocenters. The summed E-state index contributed by atoms with van der Waals surface area (Å²) >= 11 is 7.03. The van der Waals surface area contributed by atoms with Crippen molar-refractivity contribution < 1.29 is 17.9 Å². The van der Waals surface area contributed by atoms with Crippen LogP contribution in [0.1, 0.15) is 0 Å². The van der Waals surface area contributed by atoms with Crippen LogP contribution in [0.15, 0.2) is 48.5 Å². The number of halogens is 1. The van der Waals surface area contributed by atoms with Gasteiger partial charge >= 0.3 is 0 Å². The van der Waals surface area contributed by atoms with Gasteiger partial charge in [-0.05, 0) is 48.5 Å². The number of methoxy groups -OCH3 is 1. The Morgan fingerprint density at radius 1 is 1.14 bits per heavy atom. The molecule has 2 aromatic carbocycles. The summed E-state index contributed by atoms with van der Waals surface area (Å²) in [6, 6.07) is 13.4. The first kappa shape index (κ1) is 21.0. The highest BCUT2D eigenvalue weighted by molar-refractivity contribution is 7.92. The molecule has 0 radical (unpaired) electrons. The van der Waals surface area contributed by atoms with E-state index in [1.54, 1.807) is 31.4 Å². The van der Waals surface area contributed by atoms with Crippen molar-refractivity contribution in [2.24, 2.45) is 0 Å². The molecule has 0 saturated carbocycles. The van der Waals surface area contributed by atoms with Crippen molar-refractivity contribution in [3.63, 3.8) is 0 Å². The largest absolute Gasteiger partial charge is 0.497 e. The molecule has 0 fully saturated rings. The molecule has 1 N–H and O–H groups in total. The van der Waals surface area contributed by atoms with E-state index in [4.69, 9.17) is 16.3 Å². The number of carbonyl (C=O) groups excluding carboxylic acids is 1. The highest BCUT2D eigenvalue weighted by Crippen LogP contribution is 2.28. The summed E-state index contributed by atoms with van der Waals surface area (Å²) in [5.41, 5.74) is 1.16. The zero-order valence-corrected chi connectivity index (χ0v) is 17.9. The van der Waals surface area contributed by atoms with Crippen LogP contribution in [0.2, 0.25) is 5.02 Å². The normalized spacial score (nSPS) is 11.1. The number of carbonyl (C=O) groups is 1. The van der Waals surface area contributed by atoms with Gasteiger partial charge in [0.2, 0.25) is 21.1 Å². The average molecular weight is 453 g/mol.